The molecule has 0 saturated carbocycles. The van der Waals surface area contributed by atoms with Gasteiger partial charge in [0.15, 0.2) is 5.78 Å². The standard InChI is InChI=1S/C16H15ClO2/c1-11-3-5-12(6-4-11)9-15(18)13-7-8-16(19-2)14(17)10-13/h3-8,10H,9H2,1-2H3. The maximum atomic E-state index is 12.2. The number of hydrogen-bond donors (Lipinski definition) is 0. The number of hydrogen-bond acceptors (Lipinski definition) is 2. The van der Waals surface area contributed by atoms with Crippen molar-refractivity contribution in [3.8, 4) is 5.75 Å². The zero-order valence-corrected chi connectivity index (χ0v) is 11.7. The van der Waals surface area contributed by atoms with Crippen LogP contribution in [0.5, 0.6) is 5.75 Å². The molecular weight excluding hydrogens is 260 g/mol. The molecule has 0 atom stereocenters. The van der Waals surface area contributed by atoms with Gasteiger partial charge in [-0.1, -0.05) is 41.4 Å². The van der Waals surface area contributed by atoms with Crippen molar-refractivity contribution in [2.24, 2.45) is 0 Å². The molecule has 2 nitrogen and oxygen atoms in total. The molecule has 0 heterocycles. The first kappa shape index (κ1) is 13.6. The first-order chi connectivity index (χ1) is 9.10. The molecule has 0 saturated heterocycles. The summed E-state index contributed by atoms with van der Waals surface area (Å²) in [5.41, 5.74) is 2.79. The van der Waals surface area contributed by atoms with Crippen LogP contribution in [0.1, 0.15) is 21.5 Å². The van der Waals surface area contributed by atoms with Crippen molar-refractivity contribution in [2.45, 2.75) is 13.3 Å². The number of aryl methyl sites for hydroxylation is 1. The monoisotopic (exact) mass is 274 g/mol. The highest BCUT2D eigenvalue weighted by molar-refractivity contribution is 6.32. The minimum Gasteiger partial charge on any atom is -0.495 e. The minimum atomic E-state index is 0.0495. The number of halogens is 1. The van der Waals surface area contributed by atoms with E-state index in [9.17, 15) is 4.79 Å². The summed E-state index contributed by atoms with van der Waals surface area (Å²) in [7, 11) is 1.55. The topological polar surface area (TPSA) is 26.3 Å². The Kier molecular flexibility index (Phi) is 4.23. The fraction of sp³-hybridized carbons (Fsp3) is 0.188. The van der Waals surface area contributed by atoms with Gasteiger partial charge in [-0.2, -0.15) is 0 Å². The van der Waals surface area contributed by atoms with Gasteiger partial charge in [-0.3, -0.25) is 4.79 Å². The molecule has 0 aliphatic carbocycles. The van der Waals surface area contributed by atoms with Gasteiger partial charge >= 0.3 is 0 Å². The summed E-state index contributed by atoms with van der Waals surface area (Å²) in [4.78, 5) is 12.2. The van der Waals surface area contributed by atoms with Gasteiger partial charge in [0.05, 0.1) is 12.1 Å². The molecule has 0 spiro atoms. The van der Waals surface area contributed by atoms with Gasteiger partial charge in [0.2, 0.25) is 0 Å². The number of carbonyl (C=O) groups excluding carboxylic acids is 1. The van der Waals surface area contributed by atoms with Crippen LogP contribution in [0.2, 0.25) is 5.02 Å². The smallest absolute Gasteiger partial charge is 0.167 e. The third kappa shape index (κ3) is 3.36. The fourth-order valence-corrected chi connectivity index (χ4v) is 2.09. The quantitative estimate of drug-likeness (QED) is 0.785. The Morgan fingerprint density at radius 2 is 1.84 bits per heavy atom. The van der Waals surface area contributed by atoms with Crippen LogP contribution >= 0.6 is 11.6 Å². The number of methoxy groups -OCH3 is 1. The maximum absolute atomic E-state index is 12.2. The van der Waals surface area contributed by atoms with Crippen LogP contribution < -0.4 is 4.74 Å². The lowest BCUT2D eigenvalue weighted by atomic mass is 10.0. The molecular formula is C16H15ClO2. The Labute approximate surface area is 118 Å². The van der Waals surface area contributed by atoms with E-state index in [-0.39, 0.29) is 5.78 Å². The summed E-state index contributed by atoms with van der Waals surface area (Å²) in [5.74, 6) is 0.627. The third-order valence-corrected chi connectivity index (χ3v) is 3.25. The van der Waals surface area contributed by atoms with Gasteiger partial charge < -0.3 is 4.74 Å². The van der Waals surface area contributed by atoms with E-state index in [0.29, 0.717) is 22.8 Å². The highest BCUT2D eigenvalue weighted by Crippen LogP contribution is 2.25. The van der Waals surface area contributed by atoms with Crippen LogP contribution in [0.4, 0.5) is 0 Å². The number of ether oxygens (including phenoxy) is 1. The molecule has 0 bridgehead atoms. The van der Waals surface area contributed by atoms with Crippen molar-refractivity contribution >= 4 is 17.4 Å². The molecule has 0 unspecified atom stereocenters. The van der Waals surface area contributed by atoms with E-state index in [4.69, 9.17) is 16.3 Å². The van der Waals surface area contributed by atoms with Gasteiger partial charge in [-0.25, -0.2) is 0 Å². The molecule has 0 fully saturated rings. The molecule has 3 heteroatoms. The number of Topliss-reactive ketones (excluding diaryl/α,β-unsaturated/α-hetero) is 1. The average Bonchev–Trinajstić information content (AvgIpc) is 2.41. The number of benzene rings is 2. The largest absolute Gasteiger partial charge is 0.495 e. The van der Waals surface area contributed by atoms with Crippen molar-refractivity contribution in [1.29, 1.82) is 0 Å². The lowest BCUT2D eigenvalue weighted by molar-refractivity contribution is 0.0993. The molecule has 0 N–H and O–H groups in total. The van der Waals surface area contributed by atoms with Gasteiger partial charge in [-0.05, 0) is 30.7 Å². The summed E-state index contributed by atoms with van der Waals surface area (Å²) in [6.07, 6.45) is 0.378. The summed E-state index contributed by atoms with van der Waals surface area (Å²) < 4.78 is 5.07. The lowest BCUT2D eigenvalue weighted by Crippen LogP contribution is -2.03. The zero-order valence-electron chi connectivity index (χ0n) is 10.9. The van der Waals surface area contributed by atoms with Crippen LogP contribution in [0.15, 0.2) is 42.5 Å². The summed E-state index contributed by atoms with van der Waals surface area (Å²) in [6.45, 7) is 2.02. The Morgan fingerprint density at radius 3 is 2.42 bits per heavy atom. The third-order valence-electron chi connectivity index (χ3n) is 2.96. The molecule has 0 aromatic heterocycles. The minimum absolute atomic E-state index is 0.0495. The predicted octanol–water partition coefficient (Wildman–Crippen LogP) is 4.08. The Morgan fingerprint density at radius 1 is 1.16 bits per heavy atom. The van der Waals surface area contributed by atoms with Crippen LogP contribution in [0, 0.1) is 6.92 Å². The molecule has 2 aromatic carbocycles. The summed E-state index contributed by atoms with van der Waals surface area (Å²) >= 11 is 6.02. The lowest BCUT2D eigenvalue weighted by Gasteiger charge is -2.06. The molecule has 98 valence electrons. The van der Waals surface area contributed by atoms with Crippen LogP contribution in [-0.2, 0) is 6.42 Å². The summed E-state index contributed by atoms with van der Waals surface area (Å²) in [6, 6.07) is 13.0. The van der Waals surface area contributed by atoms with Gasteiger partial charge in [-0.15, -0.1) is 0 Å². The Hall–Kier alpha value is -1.80. The second-order valence-electron chi connectivity index (χ2n) is 4.43. The first-order valence-corrected chi connectivity index (χ1v) is 6.40. The molecule has 2 rings (SSSR count). The van der Waals surface area contributed by atoms with E-state index in [1.54, 1.807) is 25.3 Å². The molecule has 19 heavy (non-hydrogen) atoms. The second-order valence-corrected chi connectivity index (χ2v) is 4.84. The molecule has 2 aromatic rings. The Bertz CT molecular complexity index is 588. The van der Waals surface area contributed by atoms with Crippen molar-refractivity contribution in [3.05, 3.63) is 64.2 Å². The average molecular weight is 275 g/mol. The van der Waals surface area contributed by atoms with Gasteiger partial charge in [0, 0.05) is 12.0 Å². The van der Waals surface area contributed by atoms with Crippen molar-refractivity contribution in [1.82, 2.24) is 0 Å². The van der Waals surface area contributed by atoms with E-state index >= 15 is 0 Å². The normalized spacial score (nSPS) is 10.3. The predicted molar refractivity (Wildman–Crippen MR) is 77.2 cm³/mol. The highest BCUT2D eigenvalue weighted by atomic mass is 35.5. The van der Waals surface area contributed by atoms with Crippen LogP contribution in [0.25, 0.3) is 0 Å². The zero-order chi connectivity index (χ0) is 13.8. The van der Waals surface area contributed by atoms with Crippen molar-refractivity contribution in [2.75, 3.05) is 7.11 Å². The fourth-order valence-electron chi connectivity index (χ4n) is 1.83. The number of ketones is 1. The second kappa shape index (κ2) is 5.89. The van der Waals surface area contributed by atoms with E-state index in [1.807, 2.05) is 31.2 Å². The number of rotatable bonds is 4. The van der Waals surface area contributed by atoms with Crippen molar-refractivity contribution < 1.29 is 9.53 Å². The first-order valence-electron chi connectivity index (χ1n) is 6.02. The number of carbonyl (C=O) groups is 1. The molecule has 0 aliphatic rings. The van der Waals surface area contributed by atoms with E-state index < -0.39 is 0 Å². The van der Waals surface area contributed by atoms with Gasteiger partial charge in [0.1, 0.15) is 5.75 Å². The molecule has 0 radical (unpaired) electrons. The van der Waals surface area contributed by atoms with Crippen LogP contribution in [-0.4, -0.2) is 12.9 Å². The molecule has 0 aliphatic heterocycles. The van der Waals surface area contributed by atoms with Crippen molar-refractivity contribution in [3.63, 3.8) is 0 Å². The Balaban J connectivity index is 2.16. The highest BCUT2D eigenvalue weighted by Gasteiger charge is 2.10. The van der Waals surface area contributed by atoms with Crippen LogP contribution in [0.3, 0.4) is 0 Å². The molecule has 0 amide bonds. The van der Waals surface area contributed by atoms with Gasteiger partial charge in [0.25, 0.3) is 0 Å². The summed E-state index contributed by atoms with van der Waals surface area (Å²) in [5, 5.41) is 0.456. The maximum Gasteiger partial charge on any atom is 0.167 e. The van der Waals surface area contributed by atoms with E-state index in [2.05, 4.69) is 0 Å². The van der Waals surface area contributed by atoms with E-state index in [0.717, 1.165) is 5.56 Å². The SMILES string of the molecule is COc1ccc(C(=O)Cc2ccc(C)cc2)cc1Cl. The van der Waals surface area contributed by atoms with E-state index in [1.165, 1.54) is 5.56 Å².